The van der Waals surface area contributed by atoms with Crippen LogP contribution in [0.1, 0.15) is 46.5 Å². The molecule has 0 atom stereocenters. The summed E-state index contributed by atoms with van der Waals surface area (Å²) in [6.45, 7) is 8.65. The number of carbonyl (C=O) groups is 2. The van der Waals surface area contributed by atoms with Crippen LogP contribution in [0.5, 0.6) is 11.5 Å². The highest BCUT2D eigenvalue weighted by Crippen LogP contribution is 2.34. The second kappa shape index (κ2) is 6.58. The number of rotatable bonds is 4. The number of aryl methyl sites for hydroxylation is 3. The second-order valence-electron chi connectivity index (χ2n) is 7.34. The van der Waals surface area contributed by atoms with Crippen LogP contribution in [-0.4, -0.2) is 22.5 Å². The van der Waals surface area contributed by atoms with Crippen LogP contribution in [0.4, 0.5) is 0 Å². The zero-order chi connectivity index (χ0) is 19.9. The fraction of sp³-hybridized carbons (Fsp3) is 0.273. The van der Waals surface area contributed by atoms with Gasteiger partial charge in [0.2, 0.25) is 5.78 Å². The third-order valence-electron chi connectivity index (χ3n) is 4.48. The summed E-state index contributed by atoms with van der Waals surface area (Å²) in [7, 11) is 0. The van der Waals surface area contributed by atoms with Crippen LogP contribution >= 0.6 is 0 Å². The quantitative estimate of drug-likeness (QED) is 0.808. The second-order valence-corrected chi connectivity index (χ2v) is 7.34. The number of ketones is 1. The van der Waals surface area contributed by atoms with Crippen molar-refractivity contribution in [3.05, 3.63) is 63.9 Å². The Labute approximate surface area is 158 Å². The number of aliphatic carboxylic acids is 1. The molecule has 0 bridgehead atoms. The molecule has 0 fully saturated rings. The van der Waals surface area contributed by atoms with Crippen LogP contribution in [0, 0.1) is 20.8 Å². The lowest BCUT2D eigenvalue weighted by Gasteiger charge is -2.24. The molecule has 5 nitrogen and oxygen atoms in total. The topological polar surface area (TPSA) is 72.8 Å². The van der Waals surface area contributed by atoms with E-state index in [4.69, 9.17) is 9.47 Å². The van der Waals surface area contributed by atoms with Gasteiger partial charge in [-0.25, -0.2) is 4.79 Å². The standard InChI is InChI=1S/C22H22O5/c1-12-6-7-16-17(8-12)26-18(19(16)23)11-15-9-13(2)20(14(3)10-15)27-22(4,5)21(24)25/h6-11H,1-5H3,(H,24,25)/b18-11-. The molecular formula is C22H22O5. The average Bonchev–Trinajstić information content (AvgIpc) is 2.86. The van der Waals surface area contributed by atoms with Crippen molar-refractivity contribution >= 4 is 17.8 Å². The summed E-state index contributed by atoms with van der Waals surface area (Å²) in [6, 6.07) is 9.19. The van der Waals surface area contributed by atoms with E-state index in [2.05, 4.69) is 0 Å². The molecule has 0 spiro atoms. The molecule has 0 aromatic heterocycles. The van der Waals surface area contributed by atoms with E-state index in [1.165, 1.54) is 13.8 Å². The van der Waals surface area contributed by atoms with Gasteiger partial charge >= 0.3 is 5.97 Å². The number of carboxylic acid groups (broad SMARTS) is 1. The molecule has 2 aromatic rings. The van der Waals surface area contributed by atoms with Gasteiger partial charge in [-0.15, -0.1) is 0 Å². The number of Topliss-reactive ketones (excluding diaryl/α,β-unsaturated/α-hetero) is 1. The van der Waals surface area contributed by atoms with E-state index in [0.29, 0.717) is 17.1 Å². The molecule has 0 aliphatic carbocycles. The van der Waals surface area contributed by atoms with Gasteiger partial charge in [0.1, 0.15) is 11.5 Å². The summed E-state index contributed by atoms with van der Waals surface area (Å²) in [5.41, 5.74) is 2.61. The number of hydrogen-bond donors (Lipinski definition) is 1. The lowest BCUT2D eigenvalue weighted by molar-refractivity contribution is -0.152. The molecule has 2 aromatic carbocycles. The van der Waals surface area contributed by atoms with Gasteiger partial charge in [-0.05, 0) is 87.2 Å². The predicted octanol–water partition coefficient (Wildman–Crippen LogP) is 4.47. The molecule has 0 saturated heterocycles. The largest absolute Gasteiger partial charge is 0.478 e. The van der Waals surface area contributed by atoms with Crippen molar-refractivity contribution in [1.29, 1.82) is 0 Å². The van der Waals surface area contributed by atoms with Crippen molar-refractivity contribution in [3.63, 3.8) is 0 Å². The lowest BCUT2D eigenvalue weighted by atomic mass is 10.0. The van der Waals surface area contributed by atoms with Gasteiger partial charge in [-0.1, -0.05) is 6.07 Å². The van der Waals surface area contributed by atoms with Crippen LogP contribution in [0.2, 0.25) is 0 Å². The van der Waals surface area contributed by atoms with Crippen LogP contribution < -0.4 is 9.47 Å². The van der Waals surface area contributed by atoms with Gasteiger partial charge in [0.25, 0.3) is 0 Å². The molecule has 0 unspecified atom stereocenters. The maximum atomic E-state index is 12.5. The zero-order valence-corrected chi connectivity index (χ0v) is 16.0. The van der Waals surface area contributed by atoms with Gasteiger partial charge in [-0.3, -0.25) is 4.79 Å². The van der Waals surface area contributed by atoms with Gasteiger partial charge < -0.3 is 14.6 Å². The van der Waals surface area contributed by atoms with Crippen molar-refractivity contribution < 1.29 is 24.2 Å². The molecule has 1 aliphatic rings. The first-order valence-electron chi connectivity index (χ1n) is 8.67. The minimum atomic E-state index is -1.33. The average molecular weight is 366 g/mol. The van der Waals surface area contributed by atoms with Crippen LogP contribution in [0.15, 0.2) is 36.1 Å². The van der Waals surface area contributed by atoms with Crippen molar-refractivity contribution in [2.24, 2.45) is 0 Å². The molecule has 3 rings (SSSR count). The number of carbonyl (C=O) groups excluding carboxylic acids is 1. The number of ether oxygens (including phenoxy) is 2. The summed E-state index contributed by atoms with van der Waals surface area (Å²) in [5, 5.41) is 9.27. The fourth-order valence-corrected chi connectivity index (χ4v) is 2.97. The van der Waals surface area contributed by atoms with Gasteiger partial charge in [-0.2, -0.15) is 0 Å². The van der Waals surface area contributed by atoms with Gasteiger partial charge in [0.15, 0.2) is 11.4 Å². The fourth-order valence-electron chi connectivity index (χ4n) is 2.97. The van der Waals surface area contributed by atoms with E-state index in [-0.39, 0.29) is 11.5 Å². The molecule has 0 saturated carbocycles. The summed E-state index contributed by atoms with van der Waals surface area (Å²) in [5.74, 6) is 0.192. The molecule has 0 radical (unpaired) electrons. The van der Waals surface area contributed by atoms with E-state index in [9.17, 15) is 14.7 Å². The summed E-state index contributed by atoms with van der Waals surface area (Å²) >= 11 is 0. The molecular weight excluding hydrogens is 344 g/mol. The maximum Gasteiger partial charge on any atom is 0.347 e. The summed E-state index contributed by atoms with van der Waals surface area (Å²) in [6.07, 6.45) is 1.70. The number of benzene rings is 2. The first-order valence-corrected chi connectivity index (χ1v) is 8.67. The smallest absolute Gasteiger partial charge is 0.347 e. The molecule has 140 valence electrons. The Bertz CT molecular complexity index is 959. The molecule has 27 heavy (non-hydrogen) atoms. The Morgan fingerprint density at radius 2 is 1.74 bits per heavy atom. The minimum absolute atomic E-state index is 0.146. The normalized spacial score (nSPS) is 14.9. The zero-order valence-electron chi connectivity index (χ0n) is 16.0. The minimum Gasteiger partial charge on any atom is -0.478 e. The van der Waals surface area contributed by atoms with Crippen molar-refractivity contribution in [1.82, 2.24) is 0 Å². The third-order valence-corrected chi connectivity index (χ3v) is 4.48. The molecule has 5 heteroatoms. The van der Waals surface area contributed by atoms with E-state index in [1.807, 2.05) is 45.0 Å². The Balaban J connectivity index is 1.93. The summed E-state index contributed by atoms with van der Waals surface area (Å²) < 4.78 is 11.4. The Morgan fingerprint density at radius 1 is 1.11 bits per heavy atom. The maximum absolute atomic E-state index is 12.5. The van der Waals surface area contributed by atoms with E-state index in [1.54, 1.807) is 12.1 Å². The van der Waals surface area contributed by atoms with Gasteiger partial charge in [0.05, 0.1) is 5.56 Å². The first kappa shape index (κ1) is 18.7. The lowest BCUT2D eigenvalue weighted by Crippen LogP contribution is -2.38. The van der Waals surface area contributed by atoms with Crippen molar-refractivity contribution in [2.45, 2.75) is 40.2 Å². The molecule has 1 heterocycles. The van der Waals surface area contributed by atoms with Crippen molar-refractivity contribution in [2.75, 3.05) is 0 Å². The first-order chi connectivity index (χ1) is 12.6. The molecule has 1 aliphatic heterocycles. The SMILES string of the molecule is Cc1ccc2c(c1)O/C(=C\c1cc(C)c(OC(C)(C)C(=O)O)c(C)c1)C2=O. The highest BCUT2D eigenvalue weighted by Gasteiger charge is 2.31. The van der Waals surface area contributed by atoms with Gasteiger partial charge in [0, 0.05) is 0 Å². The third kappa shape index (κ3) is 3.58. The highest BCUT2D eigenvalue weighted by atomic mass is 16.5. The Morgan fingerprint density at radius 3 is 2.33 bits per heavy atom. The van der Waals surface area contributed by atoms with E-state index >= 15 is 0 Å². The molecule has 0 amide bonds. The van der Waals surface area contributed by atoms with Crippen LogP contribution in [0.3, 0.4) is 0 Å². The molecule has 1 N–H and O–H groups in total. The number of allylic oxidation sites excluding steroid dienone is 1. The Kier molecular flexibility index (Phi) is 4.56. The Hall–Kier alpha value is -3.08. The monoisotopic (exact) mass is 366 g/mol. The number of hydrogen-bond acceptors (Lipinski definition) is 4. The predicted molar refractivity (Wildman–Crippen MR) is 102 cm³/mol. The van der Waals surface area contributed by atoms with Crippen LogP contribution in [0.25, 0.3) is 6.08 Å². The summed E-state index contributed by atoms with van der Waals surface area (Å²) in [4.78, 5) is 23.9. The number of carboxylic acids is 1. The number of fused-ring (bicyclic) bond motifs is 1. The highest BCUT2D eigenvalue weighted by molar-refractivity contribution is 6.14. The van der Waals surface area contributed by atoms with Crippen molar-refractivity contribution in [3.8, 4) is 11.5 Å². The van der Waals surface area contributed by atoms with E-state index < -0.39 is 11.6 Å². The van der Waals surface area contributed by atoms with Crippen LogP contribution in [-0.2, 0) is 4.79 Å². The van der Waals surface area contributed by atoms with E-state index in [0.717, 1.165) is 22.3 Å².